The third-order valence-corrected chi connectivity index (χ3v) is 5.12. The van der Waals surface area contributed by atoms with Gasteiger partial charge in [0.05, 0.1) is 34.4 Å². The van der Waals surface area contributed by atoms with Crippen LogP contribution in [0.1, 0.15) is 21.8 Å². The molecule has 0 saturated carbocycles. The molecule has 2 aromatic heterocycles. The summed E-state index contributed by atoms with van der Waals surface area (Å²) in [6, 6.07) is 19.2. The molecule has 0 aliphatic carbocycles. The lowest BCUT2D eigenvalue weighted by molar-refractivity contribution is 0.102. The van der Waals surface area contributed by atoms with Gasteiger partial charge in [-0.15, -0.1) is 11.8 Å². The molecule has 0 fully saturated rings. The highest BCUT2D eigenvalue weighted by Gasteiger charge is 2.13. The van der Waals surface area contributed by atoms with Crippen LogP contribution in [0.2, 0.25) is 0 Å². The van der Waals surface area contributed by atoms with Gasteiger partial charge in [0, 0.05) is 16.3 Å². The van der Waals surface area contributed by atoms with Crippen molar-refractivity contribution >= 4 is 34.3 Å². The fourth-order valence-electron chi connectivity index (χ4n) is 2.75. The summed E-state index contributed by atoms with van der Waals surface area (Å²) in [6.45, 7) is 1.89. The molecule has 0 radical (unpaired) electrons. The maximum atomic E-state index is 12.8. The summed E-state index contributed by atoms with van der Waals surface area (Å²) in [6.07, 6.45) is 1.67. The molecule has 134 valence electrons. The number of thioether (sulfide) groups is 1. The van der Waals surface area contributed by atoms with E-state index in [0.29, 0.717) is 17.0 Å². The summed E-state index contributed by atoms with van der Waals surface area (Å²) in [7, 11) is 0. The van der Waals surface area contributed by atoms with E-state index in [0.717, 1.165) is 27.3 Å². The Hall–Kier alpha value is -3.12. The molecular weight excluding hydrogens is 358 g/mol. The van der Waals surface area contributed by atoms with Crippen molar-refractivity contribution in [3.63, 3.8) is 0 Å². The van der Waals surface area contributed by atoms with Gasteiger partial charge in [-0.2, -0.15) is 0 Å². The number of pyridine rings is 1. The van der Waals surface area contributed by atoms with Crippen molar-refractivity contribution in [2.24, 2.45) is 0 Å². The normalized spacial score (nSPS) is 10.9. The number of rotatable bonds is 5. The number of fused-ring (bicyclic) bond motifs is 1. The van der Waals surface area contributed by atoms with Crippen molar-refractivity contribution < 1.29 is 9.32 Å². The molecular formula is C21H17N3O2S. The fourth-order valence-corrected chi connectivity index (χ4v) is 3.68. The summed E-state index contributed by atoms with van der Waals surface area (Å²) < 4.78 is 5.24. The van der Waals surface area contributed by atoms with Crippen molar-refractivity contribution in [2.75, 3.05) is 5.32 Å². The monoisotopic (exact) mass is 375 g/mol. The van der Waals surface area contributed by atoms with E-state index in [2.05, 4.69) is 15.5 Å². The van der Waals surface area contributed by atoms with Crippen molar-refractivity contribution in [1.82, 2.24) is 10.1 Å². The lowest BCUT2D eigenvalue weighted by Crippen LogP contribution is -2.13. The van der Waals surface area contributed by atoms with Crippen molar-refractivity contribution in [2.45, 2.75) is 17.6 Å². The molecule has 0 aliphatic rings. The first-order valence-electron chi connectivity index (χ1n) is 8.49. The molecule has 6 heteroatoms. The van der Waals surface area contributed by atoms with E-state index in [1.165, 1.54) is 0 Å². The Morgan fingerprint density at radius 3 is 2.78 bits per heavy atom. The average Bonchev–Trinajstić information content (AvgIpc) is 3.11. The summed E-state index contributed by atoms with van der Waals surface area (Å²) in [5.74, 6) is 1.23. The predicted molar refractivity (Wildman–Crippen MR) is 107 cm³/mol. The first-order valence-corrected chi connectivity index (χ1v) is 9.48. The second kappa shape index (κ2) is 7.63. The smallest absolute Gasteiger partial charge is 0.256 e. The minimum atomic E-state index is -0.163. The number of carbonyl (C=O) groups is 1. The number of benzene rings is 2. The highest BCUT2D eigenvalue weighted by Crippen LogP contribution is 2.27. The van der Waals surface area contributed by atoms with E-state index in [4.69, 9.17) is 4.52 Å². The zero-order chi connectivity index (χ0) is 18.6. The van der Waals surface area contributed by atoms with Gasteiger partial charge in [0.1, 0.15) is 5.76 Å². The van der Waals surface area contributed by atoms with Crippen molar-refractivity contribution in [3.05, 3.63) is 83.9 Å². The molecule has 2 aromatic carbocycles. The number of aryl methyl sites for hydroxylation is 1. The standard InChI is InChI=1S/C21H17N3O2S/c1-14-10-17(26-24-14)13-27-20-9-5-3-7-18(20)21(25)23-16-11-15-6-2-4-8-19(15)22-12-16/h2-12H,13H2,1H3,(H,23,25). The number of aromatic nitrogens is 2. The molecule has 0 atom stereocenters. The molecule has 27 heavy (non-hydrogen) atoms. The fraction of sp³-hybridized carbons (Fsp3) is 0.0952. The van der Waals surface area contributed by atoms with E-state index in [1.807, 2.05) is 67.6 Å². The van der Waals surface area contributed by atoms with Crippen LogP contribution >= 0.6 is 11.8 Å². The lowest BCUT2D eigenvalue weighted by Gasteiger charge is -2.10. The van der Waals surface area contributed by atoms with Crippen LogP contribution < -0.4 is 5.32 Å². The quantitative estimate of drug-likeness (QED) is 0.493. The van der Waals surface area contributed by atoms with Crippen LogP contribution in [0.25, 0.3) is 10.9 Å². The van der Waals surface area contributed by atoms with Crippen LogP contribution in [0.4, 0.5) is 5.69 Å². The van der Waals surface area contributed by atoms with Crippen LogP contribution in [0.3, 0.4) is 0 Å². The van der Waals surface area contributed by atoms with Crippen LogP contribution in [0.15, 0.2) is 76.3 Å². The van der Waals surface area contributed by atoms with E-state index in [9.17, 15) is 4.79 Å². The number of para-hydroxylation sites is 1. The Balaban J connectivity index is 1.52. The molecule has 1 N–H and O–H groups in total. The zero-order valence-corrected chi connectivity index (χ0v) is 15.5. The maximum Gasteiger partial charge on any atom is 0.256 e. The van der Waals surface area contributed by atoms with Gasteiger partial charge in [0.2, 0.25) is 0 Å². The first-order chi connectivity index (χ1) is 13.2. The molecule has 5 nitrogen and oxygen atoms in total. The SMILES string of the molecule is Cc1cc(CSc2ccccc2C(=O)Nc2cnc3ccccc3c2)on1. The van der Waals surface area contributed by atoms with Crippen molar-refractivity contribution in [1.29, 1.82) is 0 Å². The summed E-state index contributed by atoms with van der Waals surface area (Å²) >= 11 is 1.54. The van der Waals surface area contributed by atoms with Crippen molar-refractivity contribution in [3.8, 4) is 0 Å². The molecule has 0 bridgehead atoms. The Morgan fingerprint density at radius 2 is 1.93 bits per heavy atom. The van der Waals surface area contributed by atoms with Gasteiger partial charge in [-0.1, -0.05) is 35.5 Å². The van der Waals surface area contributed by atoms with Gasteiger partial charge in [-0.05, 0) is 31.2 Å². The van der Waals surface area contributed by atoms with E-state index in [-0.39, 0.29) is 5.91 Å². The number of amides is 1. The number of hydrogen-bond acceptors (Lipinski definition) is 5. The topological polar surface area (TPSA) is 68.0 Å². The summed E-state index contributed by atoms with van der Waals surface area (Å²) in [4.78, 5) is 18.1. The summed E-state index contributed by atoms with van der Waals surface area (Å²) in [5, 5.41) is 7.82. The number of nitrogens with zero attached hydrogens (tertiary/aromatic N) is 2. The molecule has 0 unspecified atom stereocenters. The first kappa shape index (κ1) is 17.3. The number of anilines is 1. The maximum absolute atomic E-state index is 12.8. The Morgan fingerprint density at radius 1 is 1.11 bits per heavy atom. The number of nitrogens with one attached hydrogen (secondary N) is 1. The van der Waals surface area contributed by atoms with Crippen LogP contribution in [-0.2, 0) is 5.75 Å². The molecule has 0 spiro atoms. The minimum Gasteiger partial charge on any atom is -0.360 e. The highest BCUT2D eigenvalue weighted by molar-refractivity contribution is 7.98. The Kier molecular flexibility index (Phi) is 4.89. The van der Waals surface area contributed by atoms with Crippen LogP contribution in [0, 0.1) is 6.92 Å². The van der Waals surface area contributed by atoms with E-state index < -0.39 is 0 Å². The minimum absolute atomic E-state index is 0.163. The molecule has 4 rings (SSSR count). The molecule has 4 aromatic rings. The third kappa shape index (κ3) is 4.01. The second-order valence-corrected chi connectivity index (χ2v) is 7.11. The van der Waals surface area contributed by atoms with E-state index >= 15 is 0 Å². The molecule has 0 saturated heterocycles. The van der Waals surface area contributed by atoms with Gasteiger partial charge in [-0.25, -0.2) is 0 Å². The Labute approximate surface area is 160 Å². The van der Waals surface area contributed by atoms with Crippen LogP contribution in [0.5, 0.6) is 0 Å². The lowest BCUT2D eigenvalue weighted by atomic mass is 10.2. The third-order valence-electron chi connectivity index (χ3n) is 4.03. The molecule has 0 aliphatic heterocycles. The van der Waals surface area contributed by atoms with Crippen LogP contribution in [-0.4, -0.2) is 16.0 Å². The number of carbonyl (C=O) groups excluding carboxylic acids is 1. The van der Waals surface area contributed by atoms with Gasteiger partial charge in [-0.3, -0.25) is 9.78 Å². The Bertz CT molecular complexity index is 1110. The van der Waals surface area contributed by atoms with E-state index in [1.54, 1.807) is 18.0 Å². The van der Waals surface area contributed by atoms with Gasteiger partial charge < -0.3 is 9.84 Å². The molecule has 2 heterocycles. The molecule has 1 amide bonds. The van der Waals surface area contributed by atoms with Gasteiger partial charge >= 0.3 is 0 Å². The number of hydrogen-bond donors (Lipinski definition) is 1. The summed E-state index contributed by atoms with van der Waals surface area (Å²) in [5.41, 5.74) is 3.03. The van der Waals surface area contributed by atoms with Gasteiger partial charge in [0.15, 0.2) is 0 Å². The highest BCUT2D eigenvalue weighted by atomic mass is 32.2. The predicted octanol–water partition coefficient (Wildman–Crippen LogP) is 5.08. The second-order valence-electron chi connectivity index (χ2n) is 6.09. The average molecular weight is 375 g/mol. The van der Waals surface area contributed by atoms with Gasteiger partial charge in [0.25, 0.3) is 5.91 Å². The largest absolute Gasteiger partial charge is 0.360 e. The zero-order valence-electron chi connectivity index (χ0n) is 14.7.